The molecule has 1 atom stereocenters. The lowest BCUT2D eigenvalue weighted by atomic mass is 10.0. The summed E-state index contributed by atoms with van der Waals surface area (Å²) in [7, 11) is 3.87. The maximum Gasteiger partial charge on any atom is 0.251 e. The normalized spacial score (nSPS) is 11.6. The van der Waals surface area contributed by atoms with Crippen LogP contribution in [0.1, 0.15) is 28.0 Å². The molecule has 0 radical (unpaired) electrons. The van der Waals surface area contributed by atoms with Crippen molar-refractivity contribution < 1.29 is 14.0 Å². The third kappa shape index (κ3) is 8.31. The van der Waals surface area contributed by atoms with Crippen molar-refractivity contribution >= 4 is 46.3 Å². The number of aryl methyl sites for hydroxylation is 2. The summed E-state index contributed by atoms with van der Waals surface area (Å²) in [4.78, 5) is 45.4. The fourth-order valence-electron chi connectivity index (χ4n) is 4.73. The summed E-state index contributed by atoms with van der Waals surface area (Å²) >= 11 is 2.62. The van der Waals surface area contributed by atoms with E-state index in [1.807, 2.05) is 86.8 Å². The molecule has 0 aliphatic heterocycles. The van der Waals surface area contributed by atoms with Gasteiger partial charge < -0.3 is 15.1 Å². The average molecular weight is 641 g/mol. The Balaban J connectivity index is 1.49. The molecule has 2 amide bonds. The van der Waals surface area contributed by atoms with E-state index in [9.17, 15) is 14.0 Å². The number of thiazole rings is 1. The molecule has 1 unspecified atom stereocenters. The minimum absolute atomic E-state index is 0.0116. The summed E-state index contributed by atoms with van der Waals surface area (Å²) in [5, 5.41) is 6.04. The summed E-state index contributed by atoms with van der Waals surface area (Å²) in [6, 6.07) is 23.6. The molecule has 0 aliphatic carbocycles. The van der Waals surface area contributed by atoms with Crippen molar-refractivity contribution in [3.05, 3.63) is 118 Å². The number of nitrogens with zero attached hydrogens (tertiary/aromatic N) is 5. The number of amides is 2. The molecule has 8 nitrogen and oxygen atoms in total. The molecular formula is C34H33FN6O2S2. The molecule has 1 N–H and O–H groups in total. The van der Waals surface area contributed by atoms with E-state index in [0.717, 1.165) is 28.3 Å². The molecule has 5 rings (SSSR count). The van der Waals surface area contributed by atoms with Gasteiger partial charge in [-0.1, -0.05) is 54.2 Å². The Bertz CT molecular complexity index is 1740. The fourth-order valence-corrected chi connectivity index (χ4v) is 6.37. The second-order valence-electron chi connectivity index (χ2n) is 10.6. The second kappa shape index (κ2) is 14.4. The Morgan fingerprint density at radius 2 is 1.58 bits per heavy atom. The van der Waals surface area contributed by atoms with Crippen LogP contribution in [0.3, 0.4) is 0 Å². The number of thioether (sulfide) groups is 1. The van der Waals surface area contributed by atoms with Crippen molar-refractivity contribution in [2.45, 2.75) is 31.6 Å². The van der Waals surface area contributed by atoms with Crippen LogP contribution in [0.2, 0.25) is 0 Å². The van der Waals surface area contributed by atoms with Gasteiger partial charge in [-0.3, -0.25) is 9.59 Å². The van der Waals surface area contributed by atoms with Crippen LogP contribution in [0.4, 0.5) is 15.8 Å². The topological polar surface area (TPSA) is 91.3 Å². The highest BCUT2D eigenvalue weighted by molar-refractivity contribution is 7.99. The number of rotatable bonds is 11. The van der Waals surface area contributed by atoms with E-state index in [1.165, 1.54) is 52.3 Å². The lowest BCUT2D eigenvalue weighted by Gasteiger charge is -2.31. The molecule has 45 heavy (non-hydrogen) atoms. The number of anilines is 2. The van der Waals surface area contributed by atoms with Crippen molar-refractivity contribution in [2.75, 3.05) is 30.1 Å². The van der Waals surface area contributed by atoms with Crippen molar-refractivity contribution in [3.8, 4) is 11.3 Å². The maximum atomic E-state index is 14.1. The molecule has 0 saturated heterocycles. The number of carbonyl (C=O) groups excluding carboxylic acids is 2. The maximum absolute atomic E-state index is 14.1. The van der Waals surface area contributed by atoms with Gasteiger partial charge in [0.1, 0.15) is 16.9 Å². The molecule has 5 aromatic rings. The van der Waals surface area contributed by atoms with E-state index in [2.05, 4.69) is 15.3 Å². The van der Waals surface area contributed by atoms with Gasteiger partial charge in [-0.25, -0.2) is 19.3 Å². The molecule has 3 aromatic carbocycles. The lowest BCUT2D eigenvalue weighted by Crippen LogP contribution is -2.41. The zero-order valence-electron chi connectivity index (χ0n) is 25.4. The summed E-state index contributed by atoms with van der Waals surface area (Å²) in [6.07, 6.45) is 0. The van der Waals surface area contributed by atoms with Gasteiger partial charge >= 0.3 is 0 Å². The Morgan fingerprint density at radius 3 is 2.22 bits per heavy atom. The van der Waals surface area contributed by atoms with Crippen LogP contribution in [-0.2, 0) is 16.1 Å². The second-order valence-corrected chi connectivity index (χ2v) is 12.5. The first-order chi connectivity index (χ1) is 21.7. The van der Waals surface area contributed by atoms with Crippen molar-refractivity contribution in [1.82, 2.24) is 19.9 Å². The molecule has 0 spiro atoms. The van der Waals surface area contributed by atoms with E-state index in [0.29, 0.717) is 21.4 Å². The van der Waals surface area contributed by atoms with Gasteiger partial charge in [0, 0.05) is 47.8 Å². The number of aromatic nitrogens is 3. The third-order valence-electron chi connectivity index (χ3n) is 6.93. The molecule has 0 aliphatic rings. The van der Waals surface area contributed by atoms with E-state index in [1.54, 1.807) is 12.1 Å². The SMILES string of the molecule is Cc1cc(C)nc(SCC(=O)N(Cc2nc(-c3ccccc3)cs2)C(C(=O)Nc2ccc(N(C)C)cc2)c2ccc(F)cc2)n1. The Labute approximate surface area is 270 Å². The van der Waals surface area contributed by atoms with E-state index in [4.69, 9.17) is 4.98 Å². The lowest BCUT2D eigenvalue weighted by molar-refractivity contribution is -0.137. The van der Waals surface area contributed by atoms with Crippen LogP contribution in [-0.4, -0.2) is 51.5 Å². The number of hydrogen-bond acceptors (Lipinski definition) is 8. The van der Waals surface area contributed by atoms with Crippen LogP contribution < -0.4 is 10.2 Å². The van der Waals surface area contributed by atoms with Crippen LogP contribution in [0.25, 0.3) is 11.3 Å². The molecule has 0 bridgehead atoms. The van der Waals surface area contributed by atoms with Crippen LogP contribution >= 0.6 is 23.1 Å². The highest BCUT2D eigenvalue weighted by Gasteiger charge is 2.33. The number of hydrogen-bond donors (Lipinski definition) is 1. The Morgan fingerprint density at radius 1 is 0.911 bits per heavy atom. The van der Waals surface area contributed by atoms with E-state index in [-0.39, 0.29) is 18.2 Å². The minimum Gasteiger partial charge on any atom is -0.378 e. The number of carbonyl (C=O) groups is 2. The van der Waals surface area contributed by atoms with Gasteiger partial charge in [0.15, 0.2) is 5.16 Å². The number of halogens is 1. The number of nitrogens with one attached hydrogen (secondary N) is 1. The van der Waals surface area contributed by atoms with Gasteiger partial charge in [-0.2, -0.15) is 0 Å². The summed E-state index contributed by atoms with van der Waals surface area (Å²) in [5.41, 5.74) is 5.36. The minimum atomic E-state index is -1.07. The van der Waals surface area contributed by atoms with Gasteiger partial charge in [0.25, 0.3) is 5.91 Å². The Kier molecular flexibility index (Phi) is 10.2. The monoisotopic (exact) mass is 640 g/mol. The summed E-state index contributed by atoms with van der Waals surface area (Å²) in [5.74, 6) is -1.20. The van der Waals surface area contributed by atoms with Gasteiger partial charge in [0.2, 0.25) is 5.91 Å². The highest BCUT2D eigenvalue weighted by atomic mass is 32.2. The summed E-state index contributed by atoms with van der Waals surface area (Å²) in [6.45, 7) is 3.82. The predicted octanol–water partition coefficient (Wildman–Crippen LogP) is 6.92. The van der Waals surface area contributed by atoms with Gasteiger partial charge in [0.05, 0.1) is 18.0 Å². The smallest absolute Gasteiger partial charge is 0.251 e. The highest BCUT2D eigenvalue weighted by Crippen LogP contribution is 2.30. The predicted molar refractivity (Wildman–Crippen MR) is 179 cm³/mol. The molecular weight excluding hydrogens is 608 g/mol. The standard InChI is InChI=1S/C34H33FN6O2S2/c1-22-18-23(2)37-34(36-22)45-21-31(42)41(19-30-39-29(20-44-30)24-8-6-5-7-9-24)32(25-10-12-26(35)13-11-25)33(43)38-27-14-16-28(17-15-27)40(3)4/h5-18,20,32H,19,21H2,1-4H3,(H,38,43). The number of benzene rings is 3. The molecule has 2 heterocycles. The quantitative estimate of drug-likeness (QED) is 0.124. The van der Waals surface area contributed by atoms with Crippen LogP contribution in [0, 0.1) is 19.7 Å². The molecule has 230 valence electrons. The van der Waals surface area contributed by atoms with Crippen molar-refractivity contribution in [3.63, 3.8) is 0 Å². The van der Waals surface area contributed by atoms with Gasteiger partial charge in [-0.05, 0) is 61.9 Å². The van der Waals surface area contributed by atoms with E-state index >= 15 is 0 Å². The largest absolute Gasteiger partial charge is 0.378 e. The average Bonchev–Trinajstić information content (AvgIpc) is 3.49. The van der Waals surface area contributed by atoms with Crippen LogP contribution in [0.5, 0.6) is 0 Å². The first-order valence-corrected chi connectivity index (χ1v) is 16.1. The molecule has 2 aromatic heterocycles. The summed E-state index contributed by atoms with van der Waals surface area (Å²) < 4.78 is 14.0. The molecule has 11 heteroatoms. The molecule has 0 fully saturated rings. The zero-order chi connectivity index (χ0) is 31.9. The van der Waals surface area contributed by atoms with Crippen molar-refractivity contribution in [1.29, 1.82) is 0 Å². The van der Waals surface area contributed by atoms with Gasteiger partial charge in [-0.15, -0.1) is 11.3 Å². The third-order valence-corrected chi connectivity index (χ3v) is 8.60. The first kappa shape index (κ1) is 31.8. The fraction of sp³-hybridized carbons (Fsp3) is 0.206. The van der Waals surface area contributed by atoms with E-state index < -0.39 is 17.8 Å². The van der Waals surface area contributed by atoms with Crippen molar-refractivity contribution in [2.24, 2.45) is 0 Å². The Hall–Kier alpha value is -4.61. The zero-order valence-corrected chi connectivity index (χ0v) is 27.0. The van der Waals surface area contributed by atoms with Crippen LogP contribution in [0.15, 0.2) is 95.5 Å². The molecule has 0 saturated carbocycles. The first-order valence-electron chi connectivity index (χ1n) is 14.2.